The molecule has 1 rings (SSSR count). The van der Waals surface area contributed by atoms with Gasteiger partial charge in [0, 0.05) is 12.6 Å². The fourth-order valence-corrected chi connectivity index (χ4v) is 2.27. The van der Waals surface area contributed by atoms with Crippen molar-refractivity contribution in [1.29, 1.82) is 0 Å². The molecule has 0 aromatic rings. The molecule has 1 aliphatic heterocycles. The van der Waals surface area contributed by atoms with Crippen molar-refractivity contribution in [3.8, 4) is 0 Å². The molecule has 1 fully saturated rings. The maximum Gasteiger partial charge on any atom is 0.0591 e. The first-order valence-electron chi connectivity index (χ1n) is 6.55. The van der Waals surface area contributed by atoms with E-state index in [1.54, 1.807) is 0 Å². The van der Waals surface area contributed by atoms with Gasteiger partial charge in [-0.15, -0.1) is 6.58 Å². The molecule has 94 valence electrons. The number of unbranched alkanes of at least 4 members (excludes halogenated alkanes) is 3. The molecule has 3 N–H and O–H groups in total. The lowest BCUT2D eigenvalue weighted by atomic mass is 10.0. The van der Waals surface area contributed by atoms with Crippen molar-refractivity contribution in [2.45, 2.75) is 63.5 Å². The maximum atomic E-state index is 5.62. The molecule has 0 saturated carbocycles. The predicted octanol–water partition coefficient (Wildman–Crippen LogP) is 2.52. The van der Waals surface area contributed by atoms with E-state index in [0.717, 1.165) is 25.9 Å². The van der Waals surface area contributed by atoms with Crippen LogP contribution < -0.4 is 11.3 Å². The third-order valence-electron chi connectivity index (χ3n) is 3.27. The minimum atomic E-state index is 0.423. The number of hydrogen-bond donors (Lipinski definition) is 2. The lowest BCUT2D eigenvalue weighted by Crippen LogP contribution is -2.37. The number of hydrazine groups is 1. The van der Waals surface area contributed by atoms with E-state index in [9.17, 15) is 0 Å². The average molecular weight is 226 g/mol. The number of hydrogen-bond acceptors (Lipinski definition) is 3. The summed E-state index contributed by atoms with van der Waals surface area (Å²) < 4.78 is 5.62. The van der Waals surface area contributed by atoms with E-state index in [2.05, 4.69) is 12.0 Å². The summed E-state index contributed by atoms with van der Waals surface area (Å²) in [5, 5.41) is 0. The van der Waals surface area contributed by atoms with Gasteiger partial charge >= 0.3 is 0 Å². The average Bonchev–Trinajstić information content (AvgIpc) is 2.80. The number of nitrogens with one attached hydrogen (secondary N) is 1. The predicted molar refractivity (Wildman–Crippen MR) is 68.0 cm³/mol. The SMILES string of the molecule is C=CCCCCCC(CC1CCCO1)NN. The summed E-state index contributed by atoms with van der Waals surface area (Å²) in [4.78, 5) is 0. The lowest BCUT2D eigenvalue weighted by Gasteiger charge is -2.19. The molecule has 2 unspecified atom stereocenters. The second-order valence-corrected chi connectivity index (χ2v) is 4.66. The summed E-state index contributed by atoms with van der Waals surface area (Å²) in [6.07, 6.45) is 12.0. The van der Waals surface area contributed by atoms with Crippen LogP contribution in [0.15, 0.2) is 12.7 Å². The Bertz CT molecular complexity index is 179. The normalized spacial score (nSPS) is 22.2. The fourth-order valence-electron chi connectivity index (χ4n) is 2.27. The van der Waals surface area contributed by atoms with E-state index in [4.69, 9.17) is 10.6 Å². The molecule has 0 aromatic carbocycles. The van der Waals surface area contributed by atoms with Crippen LogP contribution in [-0.4, -0.2) is 18.8 Å². The molecular formula is C13H26N2O. The van der Waals surface area contributed by atoms with Gasteiger partial charge in [-0.3, -0.25) is 11.3 Å². The van der Waals surface area contributed by atoms with Crippen molar-refractivity contribution < 1.29 is 4.74 Å². The Labute approximate surface area is 99.4 Å². The molecule has 0 bridgehead atoms. The molecule has 1 aliphatic rings. The molecule has 3 heteroatoms. The summed E-state index contributed by atoms with van der Waals surface area (Å²) in [6.45, 7) is 4.66. The summed E-state index contributed by atoms with van der Waals surface area (Å²) in [5.74, 6) is 5.57. The van der Waals surface area contributed by atoms with Crippen molar-refractivity contribution in [3.05, 3.63) is 12.7 Å². The van der Waals surface area contributed by atoms with E-state index < -0.39 is 0 Å². The standard InChI is InChI=1S/C13H26N2O/c1-2-3-4-5-6-8-12(15-14)11-13-9-7-10-16-13/h2,12-13,15H,1,3-11,14H2. The highest BCUT2D eigenvalue weighted by molar-refractivity contribution is 4.74. The summed E-state index contributed by atoms with van der Waals surface area (Å²) in [6, 6.07) is 0.423. The molecule has 0 aliphatic carbocycles. The summed E-state index contributed by atoms with van der Waals surface area (Å²) >= 11 is 0. The van der Waals surface area contributed by atoms with E-state index in [1.165, 1.54) is 32.1 Å². The number of nitrogens with two attached hydrogens (primary N) is 1. The Kier molecular flexibility index (Phi) is 7.47. The molecule has 0 aromatic heterocycles. The lowest BCUT2D eigenvalue weighted by molar-refractivity contribution is 0.0933. The molecule has 2 atom stereocenters. The Morgan fingerprint density at radius 3 is 2.94 bits per heavy atom. The second-order valence-electron chi connectivity index (χ2n) is 4.66. The van der Waals surface area contributed by atoms with E-state index in [0.29, 0.717) is 12.1 Å². The molecule has 1 saturated heterocycles. The Morgan fingerprint density at radius 2 is 2.31 bits per heavy atom. The van der Waals surface area contributed by atoms with Gasteiger partial charge in [0.25, 0.3) is 0 Å². The highest BCUT2D eigenvalue weighted by atomic mass is 16.5. The molecule has 0 spiro atoms. The smallest absolute Gasteiger partial charge is 0.0591 e. The zero-order valence-electron chi connectivity index (χ0n) is 10.3. The summed E-state index contributed by atoms with van der Waals surface area (Å²) in [7, 11) is 0. The summed E-state index contributed by atoms with van der Waals surface area (Å²) in [5.41, 5.74) is 2.92. The molecule has 0 radical (unpaired) electrons. The Morgan fingerprint density at radius 1 is 1.44 bits per heavy atom. The van der Waals surface area contributed by atoms with Gasteiger partial charge in [-0.25, -0.2) is 0 Å². The molecule has 0 amide bonds. The van der Waals surface area contributed by atoms with Crippen LogP contribution in [0.2, 0.25) is 0 Å². The van der Waals surface area contributed by atoms with Gasteiger partial charge in [-0.1, -0.05) is 18.9 Å². The van der Waals surface area contributed by atoms with Crippen molar-refractivity contribution in [3.63, 3.8) is 0 Å². The van der Waals surface area contributed by atoms with Crippen molar-refractivity contribution in [2.24, 2.45) is 5.84 Å². The molecule has 16 heavy (non-hydrogen) atoms. The maximum absolute atomic E-state index is 5.62. The highest BCUT2D eigenvalue weighted by Crippen LogP contribution is 2.19. The van der Waals surface area contributed by atoms with E-state index in [1.807, 2.05) is 6.08 Å². The van der Waals surface area contributed by atoms with Crippen molar-refractivity contribution in [1.82, 2.24) is 5.43 Å². The number of ether oxygens (including phenoxy) is 1. The van der Waals surface area contributed by atoms with E-state index >= 15 is 0 Å². The monoisotopic (exact) mass is 226 g/mol. The minimum absolute atomic E-state index is 0.423. The quantitative estimate of drug-likeness (QED) is 0.275. The van der Waals surface area contributed by atoms with E-state index in [-0.39, 0.29) is 0 Å². The van der Waals surface area contributed by atoms with Crippen LogP contribution in [0.25, 0.3) is 0 Å². The first kappa shape index (κ1) is 13.7. The van der Waals surface area contributed by atoms with Crippen LogP contribution in [-0.2, 0) is 4.74 Å². The van der Waals surface area contributed by atoms with Crippen LogP contribution in [0.1, 0.15) is 51.4 Å². The number of rotatable bonds is 9. The zero-order chi connectivity index (χ0) is 11.6. The highest BCUT2D eigenvalue weighted by Gasteiger charge is 2.19. The van der Waals surface area contributed by atoms with Crippen molar-refractivity contribution >= 4 is 0 Å². The van der Waals surface area contributed by atoms with Gasteiger partial charge in [0.2, 0.25) is 0 Å². The van der Waals surface area contributed by atoms with Gasteiger partial charge in [0.15, 0.2) is 0 Å². The zero-order valence-corrected chi connectivity index (χ0v) is 10.3. The van der Waals surface area contributed by atoms with Crippen LogP contribution >= 0.6 is 0 Å². The largest absolute Gasteiger partial charge is 0.378 e. The topological polar surface area (TPSA) is 47.3 Å². The molecule has 1 heterocycles. The van der Waals surface area contributed by atoms with Crippen LogP contribution in [0.4, 0.5) is 0 Å². The van der Waals surface area contributed by atoms with Gasteiger partial charge in [-0.2, -0.15) is 0 Å². The van der Waals surface area contributed by atoms with Crippen molar-refractivity contribution in [2.75, 3.05) is 6.61 Å². The Hall–Kier alpha value is -0.380. The Balaban J connectivity index is 2.03. The minimum Gasteiger partial charge on any atom is -0.378 e. The third kappa shape index (κ3) is 5.64. The van der Waals surface area contributed by atoms with Crippen LogP contribution in [0.3, 0.4) is 0 Å². The fraction of sp³-hybridized carbons (Fsp3) is 0.846. The first-order valence-corrected chi connectivity index (χ1v) is 6.55. The van der Waals surface area contributed by atoms with Gasteiger partial charge < -0.3 is 4.74 Å². The van der Waals surface area contributed by atoms with Gasteiger partial charge in [-0.05, 0) is 38.5 Å². The van der Waals surface area contributed by atoms with Gasteiger partial charge in [0.1, 0.15) is 0 Å². The van der Waals surface area contributed by atoms with Crippen LogP contribution in [0, 0.1) is 0 Å². The number of allylic oxidation sites excluding steroid dienone is 1. The second kappa shape index (κ2) is 8.74. The first-order chi connectivity index (χ1) is 7.86. The third-order valence-corrected chi connectivity index (χ3v) is 3.27. The molecule has 3 nitrogen and oxygen atoms in total. The van der Waals surface area contributed by atoms with Gasteiger partial charge in [0.05, 0.1) is 6.10 Å². The molecular weight excluding hydrogens is 200 g/mol. The van der Waals surface area contributed by atoms with Crippen LogP contribution in [0.5, 0.6) is 0 Å².